The van der Waals surface area contributed by atoms with Crippen LogP contribution in [0.4, 0.5) is 14.6 Å². The number of rotatable bonds is 3. The highest BCUT2D eigenvalue weighted by atomic mass is 19.1. The van der Waals surface area contributed by atoms with Gasteiger partial charge in [-0.1, -0.05) is 5.16 Å². The topological polar surface area (TPSA) is 69.9 Å². The van der Waals surface area contributed by atoms with Crippen molar-refractivity contribution < 1.29 is 14.0 Å². The van der Waals surface area contributed by atoms with E-state index in [1.807, 2.05) is 0 Å². The zero-order valence-electron chi connectivity index (χ0n) is 7.78. The predicted octanol–water partition coefficient (Wildman–Crippen LogP) is 1.61. The Balaban J connectivity index is 2.77. The summed E-state index contributed by atoms with van der Waals surface area (Å²) in [5.74, 6) is -1.83. The van der Waals surface area contributed by atoms with E-state index in [0.29, 0.717) is 11.8 Å². The van der Waals surface area contributed by atoms with Crippen LogP contribution in [0.1, 0.15) is 6.92 Å². The Morgan fingerprint density at radius 1 is 1.60 bits per heavy atom. The number of oxime groups is 1. The van der Waals surface area contributed by atoms with Gasteiger partial charge in [-0.2, -0.15) is 5.10 Å². The second kappa shape index (κ2) is 4.99. The molecule has 7 heteroatoms. The number of pyridine rings is 1. The quantitative estimate of drug-likeness (QED) is 0.456. The summed E-state index contributed by atoms with van der Waals surface area (Å²) in [7, 11) is 0. The van der Waals surface area contributed by atoms with E-state index >= 15 is 0 Å². The molecule has 5 nitrogen and oxygen atoms in total. The van der Waals surface area contributed by atoms with Crippen LogP contribution in [0.5, 0.6) is 0 Å². The maximum absolute atomic E-state index is 13.0. The summed E-state index contributed by atoms with van der Waals surface area (Å²) in [5.41, 5.74) is 2.57. The third kappa shape index (κ3) is 3.29. The fourth-order valence-electron chi connectivity index (χ4n) is 0.750. The van der Waals surface area contributed by atoms with Crippen molar-refractivity contribution in [1.29, 1.82) is 0 Å². The van der Waals surface area contributed by atoms with Crippen molar-refractivity contribution in [3.63, 3.8) is 0 Å². The molecule has 0 fully saturated rings. The number of hydrogen-bond donors (Lipinski definition) is 2. The summed E-state index contributed by atoms with van der Waals surface area (Å²) in [6.45, 7) is 1.52. The van der Waals surface area contributed by atoms with Gasteiger partial charge in [-0.3, -0.25) is 5.43 Å². The Morgan fingerprint density at radius 3 is 2.93 bits per heavy atom. The largest absolute Gasteiger partial charge is 0.411 e. The van der Waals surface area contributed by atoms with Crippen LogP contribution in [0.2, 0.25) is 0 Å². The smallest absolute Gasteiger partial charge is 0.182 e. The first-order valence-electron chi connectivity index (χ1n) is 3.92. The number of hydrazone groups is 1. The molecule has 0 saturated carbocycles. The van der Waals surface area contributed by atoms with Crippen molar-refractivity contribution in [3.05, 3.63) is 23.9 Å². The van der Waals surface area contributed by atoms with Gasteiger partial charge in [0, 0.05) is 6.07 Å². The molecule has 0 bridgehead atoms. The lowest BCUT2D eigenvalue weighted by atomic mass is 10.4. The molecule has 1 aromatic heterocycles. The highest BCUT2D eigenvalue weighted by Crippen LogP contribution is 2.10. The molecule has 0 spiro atoms. The molecule has 0 amide bonds. The molecule has 0 aliphatic heterocycles. The average Bonchev–Trinajstić information content (AvgIpc) is 2.17. The molecule has 0 radical (unpaired) electrons. The molecule has 1 aromatic rings. The van der Waals surface area contributed by atoms with Crippen LogP contribution < -0.4 is 5.43 Å². The maximum Gasteiger partial charge on any atom is 0.182 e. The fraction of sp³-hybridized carbons (Fsp3) is 0.125. The molecular formula is C8H8F2N4O. The van der Waals surface area contributed by atoms with Crippen molar-refractivity contribution in [3.8, 4) is 0 Å². The maximum atomic E-state index is 13.0. The van der Waals surface area contributed by atoms with Crippen LogP contribution in [0.3, 0.4) is 0 Å². The zero-order chi connectivity index (χ0) is 11.3. The van der Waals surface area contributed by atoms with Gasteiger partial charge < -0.3 is 5.21 Å². The average molecular weight is 214 g/mol. The van der Waals surface area contributed by atoms with Gasteiger partial charge in [0.1, 0.15) is 5.82 Å². The van der Waals surface area contributed by atoms with Gasteiger partial charge in [-0.25, -0.2) is 13.8 Å². The van der Waals surface area contributed by atoms with E-state index in [2.05, 4.69) is 20.7 Å². The number of nitrogens with one attached hydrogen (secondary N) is 1. The number of anilines is 1. The summed E-state index contributed by atoms with van der Waals surface area (Å²) in [4.78, 5) is 3.43. The Bertz CT molecular complexity index is 406. The van der Waals surface area contributed by atoms with E-state index in [1.54, 1.807) is 0 Å². The number of halogens is 2. The van der Waals surface area contributed by atoms with Gasteiger partial charge in [-0.05, 0) is 6.92 Å². The summed E-state index contributed by atoms with van der Waals surface area (Å²) in [6.07, 6.45) is 1.91. The highest BCUT2D eigenvalue weighted by molar-refractivity contribution is 6.29. The minimum Gasteiger partial charge on any atom is -0.411 e. The second-order valence-electron chi connectivity index (χ2n) is 2.59. The first kappa shape index (κ1) is 11.0. The summed E-state index contributed by atoms with van der Waals surface area (Å²) in [6, 6.07) is 0.681. The molecule has 0 aromatic carbocycles. The minimum absolute atomic E-state index is 0.206. The van der Waals surface area contributed by atoms with Crippen molar-refractivity contribution in [2.24, 2.45) is 10.3 Å². The summed E-state index contributed by atoms with van der Waals surface area (Å²) in [5, 5.41) is 14.5. The molecule has 1 heterocycles. The fourth-order valence-corrected chi connectivity index (χ4v) is 0.750. The van der Waals surface area contributed by atoms with Gasteiger partial charge in [-0.15, -0.1) is 0 Å². The van der Waals surface area contributed by atoms with Gasteiger partial charge in [0.15, 0.2) is 11.6 Å². The van der Waals surface area contributed by atoms with Gasteiger partial charge in [0.05, 0.1) is 18.1 Å². The molecule has 0 unspecified atom stereocenters. The van der Waals surface area contributed by atoms with E-state index in [4.69, 9.17) is 5.21 Å². The molecular weight excluding hydrogens is 206 g/mol. The van der Waals surface area contributed by atoms with Crippen LogP contribution in [0.25, 0.3) is 0 Å². The van der Waals surface area contributed by atoms with Crippen molar-refractivity contribution in [2.75, 3.05) is 5.43 Å². The molecule has 0 atom stereocenters. The van der Waals surface area contributed by atoms with E-state index in [1.165, 1.54) is 6.92 Å². The second-order valence-corrected chi connectivity index (χ2v) is 2.59. The minimum atomic E-state index is -0.854. The predicted molar refractivity (Wildman–Crippen MR) is 51.2 cm³/mol. The van der Waals surface area contributed by atoms with Gasteiger partial charge in [0.25, 0.3) is 0 Å². The molecule has 0 aliphatic rings. The third-order valence-electron chi connectivity index (χ3n) is 1.39. The molecule has 15 heavy (non-hydrogen) atoms. The van der Waals surface area contributed by atoms with E-state index in [-0.39, 0.29) is 5.82 Å². The lowest BCUT2D eigenvalue weighted by Gasteiger charge is -2.00. The Kier molecular flexibility index (Phi) is 3.67. The van der Waals surface area contributed by atoms with E-state index < -0.39 is 11.6 Å². The number of aromatic nitrogens is 1. The Hall–Kier alpha value is -2.05. The van der Waals surface area contributed by atoms with Crippen molar-refractivity contribution >= 4 is 17.7 Å². The zero-order valence-corrected chi connectivity index (χ0v) is 7.78. The first-order chi connectivity index (χ1) is 7.13. The molecule has 80 valence electrons. The van der Waals surface area contributed by atoms with Crippen molar-refractivity contribution in [2.45, 2.75) is 6.92 Å². The normalized spacial score (nSPS) is 12.1. The van der Waals surface area contributed by atoms with E-state index in [9.17, 15) is 8.78 Å². The third-order valence-corrected chi connectivity index (χ3v) is 1.39. The summed E-state index contributed by atoms with van der Waals surface area (Å²) >= 11 is 0. The number of hydrogen-bond acceptors (Lipinski definition) is 5. The van der Waals surface area contributed by atoms with Crippen LogP contribution in [-0.4, -0.2) is 22.1 Å². The van der Waals surface area contributed by atoms with Gasteiger partial charge >= 0.3 is 0 Å². The molecule has 0 saturated heterocycles. The van der Waals surface area contributed by atoms with Gasteiger partial charge in [0.2, 0.25) is 0 Å². The Labute approximate surface area is 84.1 Å². The number of nitrogens with zero attached hydrogens (tertiary/aromatic N) is 3. The van der Waals surface area contributed by atoms with E-state index in [0.717, 1.165) is 12.4 Å². The van der Waals surface area contributed by atoms with Crippen LogP contribution in [0, 0.1) is 11.6 Å². The van der Waals surface area contributed by atoms with Crippen molar-refractivity contribution in [1.82, 2.24) is 4.98 Å². The van der Waals surface area contributed by atoms with Crippen LogP contribution in [-0.2, 0) is 0 Å². The summed E-state index contributed by atoms with van der Waals surface area (Å²) < 4.78 is 25.4. The first-order valence-corrected chi connectivity index (χ1v) is 3.92. The monoisotopic (exact) mass is 214 g/mol. The molecule has 1 rings (SSSR count). The Morgan fingerprint density at radius 2 is 2.33 bits per heavy atom. The highest BCUT2D eigenvalue weighted by Gasteiger charge is 2.03. The molecule has 0 aliphatic carbocycles. The molecule has 2 N–H and O–H groups in total. The lowest BCUT2D eigenvalue weighted by molar-refractivity contribution is 0.322. The lowest BCUT2D eigenvalue weighted by Crippen LogP contribution is -2.02. The standard InChI is InChI=1S/C8H8F2N4O/c1-5(3-12-15)13-14-8-7(10)2-6(9)4-11-8/h2-4,15H,1H3,(H,11,14)/b12-3?,13-5-. The van der Waals surface area contributed by atoms with Crippen LogP contribution in [0.15, 0.2) is 22.5 Å². The SMILES string of the molecule is C/C(C=NO)=N/Nc1ncc(F)cc1F. The van der Waals surface area contributed by atoms with Crippen LogP contribution >= 0.6 is 0 Å².